The summed E-state index contributed by atoms with van der Waals surface area (Å²) in [7, 11) is 0. The predicted molar refractivity (Wildman–Crippen MR) is 122 cm³/mol. The molecule has 2 aromatic rings. The molecule has 1 aliphatic carbocycles. The van der Waals surface area contributed by atoms with Gasteiger partial charge in [-0.05, 0) is 70.1 Å². The van der Waals surface area contributed by atoms with Gasteiger partial charge in [-0.25, -0.2) is 14.0 Å². The maximum absolute atomic E-state index is 15.4. The number of halogens is 4. The lowest BCUT2D eigenvalue weighted by atomic mass is 9.98. The van der Waals surface area contributed by atoms with E-state index < -0.39 is 59.3 Å². The number of carboxylic acids is 1. The summed E-state index contributed by atoms with van der Waals surface area (Å²) in [4.78, 5) is 37.8. The molecule has 3 heterocycles. The number of aromatic nitrogens is 1. The van der Waals surface area contributed by atoms with E-state index in [2.05, 4.69) is 0 Å². The number of nitrogens with zero attached hydrogens (tertiary/aromatic N) is 2. The fourth-order valence-corrected chi connectivity index (χ4v) is 4.79. The van der Waals surface area contributed by atoms with Crippen molar-refractivity contribution < 1.29 is 37.0 Å². The Kier molecular flexibility index (Phi) is 6.00. The van der Waals surface area contributed by atoms with Crippen LogP contribution < -0.4 is 15.8 Å². The molecule has 1 atom stereocenters. The Morgan fingerprint density at radius 1 is 1.22 bits per heavy atom. The second kappa shape index (κ2) is 8.38. The van der Waals surface area contributed by atoms with Crippen molar-refractivity contribution in [3.63, 3.8) is 0 Å². The van der Waals surface area contributed by atoms with Crippen molar-refractivity contribution in [2.75, 3.05) is 18.0 Å². The van der Waals surface area contributed by atoms with Crippen molar-refractivity contribution in [2.24, 2.45) is 0 Å². The highest BCUT2D eigenvalue weighted by Crippen LogP contribution is 2.45. The molecule has 0 bridgehead atoms. The fraction of sp³-hybridized carbons (Fsp3) is 0.542. The number of hydrogen-bond acceptors (Lipinski definition) is 5. The first-order valence-electron chi connectivity index (χ1n) is 11.5. The van der Waals surface area contributed by atoms with Gasteiger partial charge in [0.25, 0.3) is 5.56 Å². The number of hydrogen-bond donors (Lipinski definition) is 2. The van der Waals surface area contributed by atoms with Crippen LogP contribution in [0.3, 0.4) is 0 Å². The van der Waals surface area contributed by atoms with Crippen LogP contribution in [0.15, 0.2) is 17.1 Å². The van der Waals surface area contributed by atoms with Crippen LogP contribution in [0, 0.1) is 12.7 Å². The van der Waals surface area contributed by atoms with Gasteiger partial charge in [-0.3, -0.25) is 9.20 Å². The Hall–Kier alpha value is -3.31. The summed E-state index contributed by atoms with van der Waals surface area (Å²) in [6, 6.07) is 1.28. The molecule has 0 radical (unpaired) electrons. The predicted octanol–water partition coefficient (Wildman–Crippen LogP) is 4.36. The maximum Gasteiger partial charge on any atom is 0.413 e. The third-order valence-corrected chi connectivity index (χ3v) is 6.56. The monoisotopic (exact) mass is 513 g/mol. The Balaban J connectivity index is 1.80. The van der Waals surface area contributed by atoms with Gasteiger partial charge in [0, 0.05) is 6.54 Å². The summed E-state index contributed by atoms with van der Waals surface area (Å²) in [5.74, 6) is -2.44. The molecule has 196 valence electrons. The normalized spacial score (nSPS) is 20.6. The summed E-state index contributed by atoms with van der Waals surface area (Å²) in [6.45, 7) is 5.08. The Bertz CT molecular complexity index is 1310. The van der Waals surface area contributed by atoms with Crippen molar-refractivity contribution in [3.05, 3.63) is 45.1 Å². The highest BCUT2D eigenvalue weighted by Gasteiger charge is 2.60. The first-order chi connectivity index (χ1) is 16.5. The van der Waals surface area contributed by atoms with Gasteiger partial charge < -0.3 is 20.1 Å². The molecule has 2 N–H and O–H groups in total. The number of aromatic carboxylic acids is 1. The minimum absolute atomic E-state index is 0.0302. The number of ether oxygens (including phenoxy) is 1. The molecule has 0 aromatic carbocycles. The van der Waals surface area contributed by atoms with Crippen molar-refractivity contribution >= 4 is 23.3 Å². The van der Waals surface area contributed by atoms with E-state index in [0.717, 1.165) is 23.4 Å². The van der Waals surface area contributed by atoms with Crippen molar-refractivity contribution in [1.82, 2.24) is 9.72 Å². The molecule has 2 aliphatic rings. The van der Waals surface area contributed by atoms with Crippen LogP contribution in [-0.4, -0.2) is 52.0 Å². The SMILES string of the molecule is Cc1c(N2CCC(NC(=O)OC(C)(C)C)(C(F)(F)F)C2)c(F)cn2c(=O)c(C(=O)O)cc(C3CC3)c12. The molecule has 2 fully saturated rings. The second-order valence-corrected chi connectivity index (χ2v) is 10.4. The zero-order valence-corrected chi connectivity index (χ0v) is 20.3. The van der Waals surface area contributed by atoms with E-state index in [0.29, 0.717) is 5.56 Å². The Morgan fingerprint density at radius 2 is 1.86 bits per heavy atom. The van der Waals surface area contributed by atoms with Gasteiger partial charge in [0.15, 0.2) is 11.4 Å². The molecule has 1 aliphatic heterocycles. The zero-order valence-electron chi connectivity index (χ0n) is 20.3. The number of nitrogens with one attached hydrogen (secondary N) is 1. The summed E-state index contributed by atoms with van der Waals surface area (Å²) >= 11 is 0. The number of carbonyl (C=O) groups is 2. The summed E-state index contributed by atoms with van der Waals surface area (Å²) in [5.41, 5.74) is -4.19. The number of carboxylic acid groups (broad SMARTS) is 1. The van der Waals surface area contributed by atoms with Crippen LogP contribution in [0.1, 0.15) is 67.4 Å². The number of alkyl halides is 3. The van der Waals surface area contributed by atoms with Gasteiger partial charge >= 0.3 is 18.2 Å². The molecular weight excluding hydrogens is 486 g/mol. The van der Waals surface area contributed by atoms with Gasteiger partial charge in [0.05, 0.1) is 23.9 Å². The van der Waals surface area contributed by atoms with Crippen LogP contribution >= 0.6 is 0 Å². The van der Waals surface area contributed by atoms with E-state index in [9.17, 15) is 32.7 Å². The highest BCUT2D eigenvalue weighted by molar-refractivity contribution is 5.89. The van der Waals surface area contributed by atoms with Crippen LogP contribution in [0.2, 0.25) is 0 Å². The molecule has 1 saturated carbocycles. The molecule has 36 heavy (non-hydrogen) atoms. The minimum atomic E-state index is -4.85. The molecule has 4 rings (SSSR count). The molecule has 0 spiro atoms. The van der Waals surface area contributed by atoms with E-state index >= 15 is 4.39 Å². The first kappa shape index (κ1) is 25.8. The van der Waals surface area contributed by atoms with Crippen molar-refractivity contribution in [2.45, 2.75) is 70.2 Å². The van der Waals surface area contributed by atoms with Gasteiger partial charge in [-0.15, -0.1) is 0 Å². The Morgan fingerprint density at radius 3 is 2.39 bits per heavy atom. The largest absolute Gasteiger partial charge is 0.477 e. The zero-order chi connectivity index (χ0) is 26.8. The topological polar surface area (TPSA) is 100 Å². The molecule has 2 aromatic heterocycles. The Labute approximate surface area is 203 Å². The van der Waals surface area contributed by atoms with Crippen LogP contribution in [0.25, 0.3) is 5.52 Å². The molecule has 1 saturated heterocycles. The third-order valence-electron chi connectivity index (χ3n) is 6.56. The summed E-state index contributed by atoms with van der Waals surface area (Å²) in [6.07, 6.45) is -4.31. The summed E-state index contributed by atoms with van der Waals surface area (Å²) < 4.78 is 64.0. The highest BCUT2D eigenvalue weighted by atomic mass is 19.4. The van der Waals surface area contributed by atoms with Gasteiger partial charge in [-0.1, -0.05) is 0 Å². The van der Waals surface area contributed by atoms with Gasteiger partial charge in [0.1, 0.15) is 11.2 Å². The fourth-order valence-electron chi connectivity index (χ4n) is 4.79. The number of alkyl carbamates (subject to hydrolysis) is 1. The van der Waals surface area contributed by atoms with Crippen LogP contribution in [-0.2, 0) is 4.74 Å². The third kappa shape index (κ3) is 4.48. The average Bonchev–Trinajstić information content (AvgIpc) is 3.47. The van der Waals surface area contributed by atoms with Crippen LogP contribution in [0.4, 0.5) is 28.0 Å². The average molecular weight is 513 g/mol. The lowest BCUT2D eigenvalue weighted by molar-refractivity contribution is -0.188. The minimum Gasteiger partial charge on any atom is -0.477 e. The van der Waals surface area contributed by atoms with Gasteiger partial charge in [-0.2, -0.15) is 13.2 Å². The summed E-state index contributed by atoms with van der Waals surface area (Å²) in [5, 5.41) is 11.4. The number of pyridine rings is 2. The standard InChI is InChI=1S/C24H27F4N3O5/c1-12-17-14(13-5-6-13)9-15(20(33)34)19(32)31(17)10-16(25)18(12)30-8-7-23(11-30,24(26,27)28)29-21(35)36-22(2,3)4/h9-10,13H,5-8,11H2,1-4H3,(H,29,35)(H,33,34). The van der Waals surface area contributed by atoms with E-state index in [1.165, 1.54) is 38.7 Å². The quantitative estimate of drug-likeness (QED) is 0.590. The van der Waals surface area contributed by atoms with Gasteiger partial charge in [0.2, 0.25) is 0 Å². The molecule has 1 amide bonds. The van der Waals surface area contributed by atoms with E-state index in [1.807, 2.05) is 5.32 Å². The van der Waals surface area contributed by atoms with E-state index in [4.69, 9.17) is 4.74 Å². The second-order valence-electron chi connectivity index (χ2n) is 10.4. The number of rotatable bonds is 4. The number of aryl methyl sites for hydroxylation is 1. The van der Waals surface area contributed by atoms with E-state index in [-0.39, 0.29) is 29.2 Å². The molecule has 1 unspecified atom stereocenters. The lowest BCUT2D eigenvalue weighted by Gasteiger charge is -2.34. The molecular formula is C24H27F4N3O5. The molecule has 12 heteroatoms. The van der Waals surface area contributed by atoms with E-state index in [1.54, 1.807) is 0 Å². The number of amides is 1. The number of anilines is 1. The molecule has 8 nitrogen and oxygen atoms in total. The first-order valence-corrected chi connectivity index (χ1v) is 11.5. The number of fused-ring (bicyclic) bond motifs is 1. The smallest absolute Gasteiger partial charge is 0.413 e. The van der Waals surface area contributed by atoms with Crippen molar-refractivity contribution in [3.8, 4) is 0 Å². The number of carbonyl (C=O) groups excluding carboxylic acids is 1. The van der Waals surface area contributed by atoms with Crippen LogP contribution in [0.5, 0.6) is 0 Å². The lowest BCUT2D eigenvalue weighted by Crippen LogP contribution is -2.61. The maximum atomic E-state index is 15.4. The van der Waals surface area contributed by atoms with Crippen molar-refractivity contribution in [1.29, 1.82) is 0 Å².